The minimum Gasteiger partial charge on any atom is -0.357 e. The lowest BCUT2D eigenvalue weighted by molar-refractivity contribution is -0.138. The summed E-state index contributed by atoms with van der Waals surface area (Å²) in [6.07, 6.45) is -5.57. The summed E-state index contributed by atoms with van der Waals surface area (Å²) >= 11 is 0. The summed E-state index contributed by atoms with van der Waals surface area (Å²) < 4.78 is 64.5. The maximum absolute atomic E-state index is 12.6. The van der Waals surface area contributed by atoms with Crippen molar-refractivity contribution in [1.82, 2.24) is 5.32 Å². The minimum atomic E-state index is -4.60. The molecule has 0 aliphatic rings. The first-order valence-electron chi connectivity index (χ1n) is 5.31. The van der Waals surface area contributed by atoms with Crippen LogP contribution in [0.25, 0.3) is 0 Å². The molecule has 112 valence electrons. The van der Waals surface area contributed by atoms with Gasteiger partial charge in [0.25, 0.3) is 16.0 Å². The van der Waals surface area contributed by atoms with E-state index in [2.05, 4.69) is 9.50 Å². The molecule has 1 aromatic rings. The molecule has 5 nitrogen and oxygen atoms in total. The summed E-state index contributed by atoms with van der Waals surface area (Å²) in [6, 6.07) is 3.73. The second kappa shape index (κ2) is 5.80. The van der Waals surface area contributed by atoms with Gasteiger partial charge in [0.1, 0.15) is 0 Å². The number of nitrogens with one attached hydrogen (secondary N) is 1. The topological polar surface area (TPSA) is 72.5 Å². The zero-order valence-corrected chi connectivity index (χ0v) is 11.4. The molecule has 1 unspecified atom stereocenters. The molecule has 0 aromatic heterocycles. The third kappa shape index (κ3) is 4.49. The van der Waals surface area contributed by atoms with E-state index >= 15 is 0 Å². The van der Waals surface area contributed by atoms with Gasteiger partial charge in [0.2, 0.25) is 0 Å². The first kappa shape index (κ1) is 16.4. The van der Waals surface area contributed by atoms with Gasteiger partial charge in [-0.2, -0.15) is 21.6 Å². The summed E-state index contributed by atoms with van der Waals surface area (Å²) in [7, 11) is -2.80. The maximum Gasteiger partial charge on any atom is 0.416 e. The molecule has 0 fully saturated rings. The Bertz CT molecular complexity index is 598. The van der Waals surface area contributed by atoms with Gasteiger partial charge >= 0.3 is 6.18 Å². The number of carbonyl (C=O) groups is 1. The van der Waals surface area contributed by atoms with Crippen molar-refractivity contribution in [3.63, 3.8) is 0 Å². The third-order valence-corrected chi connectivity index (χ3v) is 2.81. The van der Waals surface area contributed by atoms with Crippen LogP contribution in [0.2, 0.25) is 0 Å². The summed E-state index contributed by atoms with van der Waals surface area (Å²) in [5.74, 6) is -0.866. The molecule has 9 heteroatoms. The van der Waals surface area contributed by atoms with E-state index in [1.165, 1.54) is 13.1 Å². The van der Waals surface area contributed by atoms with Crippen molar-refractivity contribution in [2.24, 2.45) is 0 Å². The van der Waals surface area contributed by atoms with Crippen LogP contribution in [0.4, 0.5) is 13.2 Å². The van der Waals surface area contributed by atoms with E-state index in [1.54, 1.807) is 0 Å². The fourth-order valence-corrected chi connectivity index (χ4v) is 1.98. The Morgan fingerprint density at radius 2 is 1.95 bits per heavy atom. The van der Waals surface area contributed by atoms with Gasteiger partial charge in [-0.1, -0.05) is 12.1 Å². The van der Waals surface area contributed by atoms with Crippen LogP contribution in [0.3, 0.4) is 0 Å². The van der Waals surface area contributed by atoms with E-state index in [0.29, 0.717) is 12.3 Å². The Hall–Kier alpha value is -1.61. The van der Waals surface area contributed by atoms with Crippen molar-refractivity contribution in [1.29, 1.82) is 0 Å². The molecule has 0 heterocycles. The molecule has 0 aliphatic carbocycles. The summed E-state index contributed by atoms with van der Waals surface area (Å²) in [4.78, 5) is 11.6. The van der Waals surface area contributed by atoms with Gasteiger partial charge in [0.15, 0.2) is 6.10 Å². The van der Waals surface area contributed by atoms with Crippen molar-refractivity contribution in [3.05, 3.63) is 35.4 Å². The number of carbonyl (C=O) groups excluding carboxylic acids is 1. The minimum absolute atomic E-state index is 0.204. The van der Waals surface area contributed by atoms with Crippen molar-refractivity contribution >= 4 is 16.0 Å². The Morgan fingerprint density at radius 3 is 2.40 bits per heavy atom. The molecular weight excluding hydrogens is 299 g/mol. The smallest absolute Gasteiger partial charge is 0.357 e. The van der Waals surface area contributed by atoms with E-state index in [1.807, 2.05) is 0 Å². The molecule has 0 aliphatic heterocycles. The first-order chi connectivity index (χ1) is 9.04. The number of hydrogen-bond acceptors (Lipinski definition) is 4. The van der Waals surface area contributed by atoms with Gasteiger partial charge in [-0.15, -0.1) is 0 Å². The Morgan fingerprint density at radius 1 is 1.35 bits per heavy atom. The van der Waals surface area contributed by atoms with Gasteiger partial charge in [0.05, 0.1) is 11.8 Å². The molecular formula is C11H12F3NO4S. The molecule has 1 atom stereocenters. The van der Waals surface area contributed by atoms with Gasteiger partial charge < -0.3 is 5.32 Å². The molecule has 0 spiro atoms. The van der Waals surface area contributed by atoms with Crippen LogP contribution < -0.4 is 5.32 Å². The van der Waals surface area contributed by atoms with Crippen LogP contribution in [0.5, 0.6) is 0 Å². The predicted molar refractivity (Wildman–Crippen MR) is 64.2 cm³/mol. The summed E-state index contributed by atoms with van der Waals surface area (Å²) in [6.45, 7) is 0. The molecule has 0 bridgehead atoms. The first-order valence-corrected chi connectivity index (χ1v) is 7.13. The van der Waals surface area contributed by atoms with Crippen LogP contribution in [-0.2, 0) is 25.3 Å². The van der Waals surface area contributed by atoms with Gasteiger partial charge in [-0.25, -0.2) is 0 Å². The largest absolute Gasteiger partial charge is 0.416 e. The van der Waals surface area contributed by atoms with Crippen molar-refractivity contribution in [2.45, 2.75) is 12.3 Å². The molecule has 1 rings (SSSR count). The number of likely N-dealkylation sites (N-methyl/N-ethyl adjacent to an activating group) is 1. The van der Waals surface area contributed by atoms with E-state index < -0.39 is 33.9 Å². The number of amides is 1. The highest BCUT2D eigenvalue weighted by Crippen LogP contribution is 2.31. The molecule has 20 heavy (non-hydrogen) atoms. The molecule has 1 N–H and O–H groups in total. The van der Waals surface area contributed by atoms with Crippen molar-refractivity contribution in [3.8, 4) is 0 Å². The highest BCUT2D eigenvalue weighted by molar-refractivity contribution is 7.86. The quantitative estimate of drug-likeness (QED) is 0.855. The zero-order chi connectivity index (χ0) is 15.6. The van der Waals surface area contributed by atoms with Gasteiger partial charge in [-0.05, 0) is 17.7 Å². The second-order valence-corrected chi connectivity index (χ2v) is 5.52. The van der Waals surface area contributed by atoms with E-state index in [0.717, 1.165) is 12.1 Å². The Kier molecular flexibility index (Phi) is 4.77. The maximum atomic E-state index is 12.6. The number of benzene rings is 1. The lowest BCUT2D eigenvalue weighted by Gasteiger charge is -2.16. The molecule has 0 saturated heterocycles. The average molecular weight is 311 g/mol. The highest BCUT2D eigenvalue weighted by atomic mass is 32.2. The Labute approximate surface area is 113 Å². The Balaban J connectivity index is 3.24. The molecule has 0 saturated carbocycles. The number of rotatable bonds is 4. The normalized spacial score (nSPS) is 13.8. The van der Waals surface area contributed by atoms with Crippen LogP contribution in [-0.4, -0.2) is 27.6 Å². The second-order valence-electron chi connectivity index (χ2n) is 3.92. The van der Waals surface area contributed by atoms with Crippen LogP contribution >= 0.6 is 0 Å². The lowest BCUT2D eigenvalue weighted by atomic mass is 10.1. The van der Waals surface area contributed by atoms with E-state index in [9.17, 15) is 26.4 Å². The van der Waals surface area contributed by atoms with Gasteiger partial charge in [-0.3, -0.25) is 8.98 Å². The van der Waals surface area contributed by atoms with Crippen molar-refractivity contribution < 1.29 is 30.6 Å². The fourth-order valence-electron chi connectivity index (χ4n) is 1.43. The van der Waals surface area contributed by atoms with Crippen molar-refractivity contribution in [2.75, 3.05) is 13.3 Å². The number of halogens is 3. The third-order valence-electron chi connectivity index (χ3n) is 2.27. The highest BCUT2D eigenvalue weighted by Gasteiger charge is 2.32. The molecule has 1 aromatic carbocycles. The standard InChI is InChI=1S/C11H12F3NO4S/c1-15-10(16)9(19-20(2,17)18)7-4-3-5-8(6-7)11(12,13)14/h3-6,9H,1-2H3,(H,15,16). The number of hydrogen-bond donors (Lipinski definition) is 1. The van der Waals surface area contributed by atoms with Crippen LogP contribution in [0, 0.1) is 0 Å². The summed E-state index contributed by atoms with van der Waals surface area (Å²) in [5, 5.41) is 2.13. The van der Waals surface area contributed by atoms with Gasteiger partial charge in [0, 0.05) is 7.05 Å². The average Bonchev–Trinajstić information content (AvgIpc) is 2.33. The molecule has 1 amide bonds. The van der Waals surface area contributed by atoms with Crippen LogP contribution in [0.1, 0.15) is 17.2 Å². The summed E-state index contributed by atoms with van der Waals surface area (Å²) in [5.41, 5.74) is -1.20. The fraction of sp³-hybridized carbons (Fsp3) is 0.364. The van der Waals surface area contributed by atoms with E-state index in [-0.39, 0.29) is 5.56 Å². The zero-order valence-electron chi connectivity index (χ0n) is 10.6. The van der Waals surface area contributed by atoms with Crippen LogP contribution in [0.15, 0.2) is 24.3 Å². The SMILES string of the molecule is CNC(=O)C(OS(C)(=O)=O)c1cccc(C(F)(F)F)c1. The monoisotopic (exact) mass is 311 g/mol. The number of alkyl halides is 3. The lowest BCUT2D eigenvalue weighted by Crippen LogP contribution is -2.29. The molecule has 0 radical (unpaired) electrons. The predicted octanol–water partition coefficient (Wildman–Crippen LogP) is 1.47. The van der Waals surface area contributed by atoms with E-state index in [4.69, 9.17) is 0 Å².